The fraction of sp³-hybridized carbons (Fsp3) is 0.389. The molecular weight excluding hydrogens is 393 g/mol. The third kappa shape index (κ3) is 5.87. The topological polar surface area (TPSA) is 104 Å². The van der Waals surface area contributed by atoms with Crippen molar-refractivity contribution in [2.24, 2.45) is 0 Å². The van der Waals surface area contributed by atoms with Gasteiger partial charge in [0.1, 0.15) is 11.5 Å². The summed E-state index contributed by atoms with van der Waals surface area (Å²) in [5.41, 5.74) is 3.13. The first-order valence-corrected chi connectivity index (χ1v) is 8.69. The van der Waals surface area contributed by atoms with E-state index in [9.17, 15) is 27.9 Å². The number of pyridine rings is 1. The number of carboxylic acids is 1. The van der Waals surface area contributed by atoms with Gasteiger partial charge in [-0.1, -0.05) is 6.92 Å². The van der Waals surface area contributed by atoms with Gasteiger partial charge in [0.25, 0.3) is 0 Å². The summed E-state index contributed by atoms with van der Waals surface area (Å²) < 4.78 is 42.9. The smallest absolute Gasteiger partial charge is 0.422 e. The van der Waals surface area contributed by atoms with E-state index >= 15 is 0 Å². The molecule has 1 atom stereocenters. The first-order chi connectivity index (χ1) is 13.5. The highest BCUT2D eigenvalue weighted by atomic mass is 19.4. The van der Waals surface area contributed by atoms with Crippen molar-refractivity contribution in [3.63, 3.8) is 0 Å². The van der Waals surface area contributed by atoms with Crippen LogP contribution in [-0.4, -0.2) is 39.8 Å². The molecule has 1 aromatic rings. The minimum absolute atomic E-state index is 0.157. The molecule has 0 radical (unpaired) electrons. The lowest BCUT2D eigenvalue weighted by atomic mass is 10.1. The highest BCUT2D eigenvalue weighted by molar-refractivity contribution is 5.89. The second-order valence-electron chi connectivity index (χ2n) is 6.29. The Hall–Kier alpha value is -3.24. The van der Waals surface area contributed by atoms with Crippen LogP contribution in [0.3, 0.4) is 0 Å². The molecule has 158 valence electrons. The Morgan fingerprint density at radius 2 is 2.10 bits per heavy atom. The summed E-state index contributed by atoms with van der Waals surface area (Å²) in [7, 11) is 0. The molecule has 29 heavy (non-hydrogen) atoms. The predicted octanol–water partition coefficient (Wildman–Crippen LogP) is 3.09. The van der Waals surface area contributed by atoms with Gasteiger partial charge in [-0.15, -0.1) is 0 Å². The molecule has 11 heteroatoms. The molecule has 1 aliphatic rings. The lowest BCUT2D eigenvalue weighted by Crippen LogP contribution is -2.44. The van der Waals surface area contributed by atoms with E-state index < -0.39 is 24.8 Å². The summed E-state index contributed by atoms with van der Waals surface area (Å²) in [6, 6.07) is 2.50. The molecule has 2 rings (SSSR count). The van der Waals surface area contributed by atoms with Gasteiger partial charge in [-0.05, 0) is 37.6 Å². The van der Waals surface area contributed by atoms with Crippen molar-refractivity contribution in [1.29, 1.82) is 0 Å². The fourth-order valence-electron chi connectivity index (χ4n) is 2.55. The van der Waals surface area contributed by atoms with Crippen LogP contribution in [0.15, 0.2) is 41.6 Å². The molecule has 0 saturated heterocycles. The van der Waals surface area contributed by atoms with E-state index in [2.05, 4.69) is 15.7 Å². The Kier molecular flexibility index (Phi) is 6.72. The van der Waals surface area contributed by atoms with Crippen molar-refractivity contribution in [2.45, 2.75) is 39.4 Å². The number of halogens is 3. The molecule has 0 aromatic carbocycles. The molecule has 0 spiro atoms. The number of hydrogen-bond acceptors (Lipinski definition) is 6. The van der Waals surface area contributed by atoms with Crippen LogP contribution < -0.4 is 10.7 Å². The molecule has 0 aliphatic carbocycles. The second kappa shape index (κ2) is 8.84. The lowest BCUT2D eigenvalue weighted by molar-refractivity contribution is -0.173. The number of aliphatic carboxylic acids is 1. The number of carbonyl (C=O) groups excluding carboxylic acids is 1. The Labute approximate surface area is 165 Å². The molecule has 8 nitrogen and oxygen atoms in total. The van der Waals surface area contributed by atoms with Gasteiger partial charge in [0.15, 0.2) is 6.61 Å². The number of hydrogen-bond donors (Lipinski definition) is 3. The van der Waals surface area contributed by atoms with Crippen molar-refractivity contribution >= 4 is 17.7 Å². The molecule has 0 fully saturated rings. The Balaban J connectivity index is 2.35. The minimum atomic E-state index is -4.56. The zero-order valence-corrected chi connectivity index (χ0v) is 16.0. The Morgan fingerprint density at radius 3 is 2.69 bits per heavy atom. The molecule has 2 heterocycles. The van der Waals surface area contributed by atoms with Crippen LogP contribution in [0.5, 0.6) is 0 Å². The van der Waals surface area contributed by atoms with E-state index in [0.717, 1.165) is 0 Å². The van der Waals surface area contributed by atoms with Crippen molar-refractivity contribution in [2.75, 3.05) is 11.9 Å². The molecule has 0 saturated carbocycles. The van der Waals surface area contributed by atoms with Crippen molar-refractivity contribution in [3.05, 3.63) is 47.1 Å². The van der Waals surface area contributed by atoms with Gasteiger partial charge < -0.3 is 15.2 Å². The van der Waals surface area contributed by atoms with E-state index in [1.54, 1.807) is 26.0 Å². The minimum Gasteiger partial charge on any atom is -0.477 e. The number of allylic oxidation sites excluding steroid dienone is 2. The lowest BCUT2D eigenvalue weighted by Gasteiger charge is -2.37. The van der Waals surface area contributed by atoms with E-state index in [1.165, 1.54) is 24.2 Å². The second-order valence-corrected chi connectivity index (χ2v) is 6.29. The quantitative estimate of drug-likeness (QED) is 0.630. The molecule has 0 bridgehead atoms. The summed E-state index contributed by atoms with van der Waals surface area (Å²) in [5, 5.41) is 13.1. The monoisotopic (exact) mass is 414 g/mol. The number of alkyl halides is 3. The van der Waals surface area contributed by atoms with Gasteiger partial charge in [0.05, 0.1) is 6.04 Å². The molecule has 1 unspecified atom stereocenters. The van der Waals surface area contributed by atoms with Gasteiger partial charge in [-0.25, -0.2) is 14.8 Å². The van der Waals surface area contributed by atoms with Crippen molar-refractivity contribution in [1.82, 2.24) is 15.4 Å². The maximum atomic E-state index is 12.7. The van der Waals surface area contributed by atoms with Gasteiger partial charge in [0, 0.05) is 18.2 Å². The summed E-state index contributed by atoms with van der Waals surface area (Å²) in [5.74, 6) is -1.41. The van der Waals surface area contributed by atoms with Crippen LogP contribution in [-0.2, 0) is 14.3 Å². The number of nitrogens with zero attached hydrogens (tertiary/aromatic N) is 2. The molecule has 1 aromatic heterocycles. The average Bonchev–Trinajstić information content (AvgIpc) is 2.65. The number of carboxylic acid groups (broad SMARTS) is 1. The fourth-order valence-corrected chi connectivity index (χ4v) is 2.55. The molecule has 1 aliphatic heterocycles. The molecule has 3 N–H and O–H groups in total. The number of anilines is 1. The number of amides is 1. The van der Waals surface area contributed by atoms with Crippen LogP contribution in [0.25, 0.3) is 0 Å². The van der Waals surface area contributed by atoms with Gasteiger partial charge >= 0.3 is 12.1 Å². The highest BCUT2D eigenvalue weighted by Gasteiger charge is 2.33. The van der Waals surface area contributed by atoms with Gasteiger partial charge in [-0.2, -0.15) is 13.2 Å². The summed E-state index contributed by atoms with van der Waals surface area (Å²) >= 11 is 0. The summed E-state index contributed by atoms with van der Waals surface area (Å²) in [4.78, 5) is 27.0. The zero-order chi connectivity index (χ0) is 21.8. The summed E-state index contributed by atoms with van der Waals surface area (Å²) in [6.07, 6.45) is -1.69. The number of rotatable bonds is 7. The Morgan fingerprint density at radius 1 is 1.41 bits per heavy atom. The number of ether oxygens (including phenoxy) is 1. The third-order valence-corrected chi connectivity index (χ3v) is 4.00. The average molecular weight is 414 g/mol. The van der Waals surface area contributed by atoms with Crippen LogP contribution in [0.1, 0.15) is 38.8 Å². The number of nitrogens with one attached hydrogen (secondary N) is 2. The van der Waals surface area contributed by atoms with E-state index in [-0.39, 0.29) is 35.3 Å². The number of aromatic nitrogens is 1. The Bertz CT molecular complexity index is 852. The van der Waals surface area contributed by atoms with E-state index in [0.29, 0.717) is 5.56 Å². The van der Waals surface area contributed by atoms with Crippen LogP contribution >= 0.6 is 0 Å². The van der Waals surface area contributed by atoms with Gasteiger partial charge in [0.2, 0.25) is 11.8 Å². The normalized spacial score (nSPS) is 15.4. The van der Waals surface area contributed by atoms with Crippen LogP contribution in [0.2, 0.25) is 0 Å². The standard InChI is InChI=1S/C18H21F3N4O4/c1-4-15(26)23-14-8-12(5-6-22-14)11(3)25-16(29-9-18(19,20)21)10(2)7-13(24-25)17(27)28/h5-8,11,24H,4,9H2,1-3H3,(H,27,28)(H,22,23,26). The number of carbonyl (C=O) groups is 2. The van der Waals surface area contributed by atoms with E-state index in [1.807, 2.05) is 0 Å². The summed E-state index contributed by atoms with van der Waals surface area (Å²) in [6.45, 7) is 3.24. The van der Waals surface area contributed by atoms with Crippen molar-refractivity contribution < 1.29 is 32.6 Å². The predicted molar refractivity (Wildman–Crippen MR) is 97.0 cm³/mol. The molecule has 1 amide bonds. The first-order valence-electron chi connectivity index (χ1n) is 8.69. The first kappa shape index (κ1) is 22.1. The molecular formula is C18H21F3N4O4. The van der Waals surface area contributed by atoms with Gasteiger partial charge in [-0.3, -0.25) is 10.2 Å². The van der Waals surface area contributed by atoms with Crippen LogP contribution in [0, 0.1) is 0 Å². The number of hydrazine groups is 1. The van der Waals surface area contributed by atoms with E-state index in [4.69, 9.17) is 4.74 Å². The van der Waals surface area contributed by atoms with Crippen LogP contribution in [0.4, 0.5) is 19.0 Å². The van der Waals surface area contributed by atoms with Crippen molar-refractivity contribution in [3.8, 4) is 0 Å². The highest BCUT2D eigenvalue weighted by Crippen LogP contribution is 2.30. The SMILES string of the molecule is CCC(=O)Nc1cc(C(C)N2NC(C(=O)O)=CC(C)=C2OCC(F)(F)F)ccn1. The maximum Gasteiger partial charge on any atom is 0.422 e. The third-order valence-electron chi connectivity index (χ3n) is 4.00. The largest absolute Gasteiger partial charge is 0.477 e. The maximum absolute atomic E-state index is 12.7. The zero-order valence-electron chi connectivity index (χ0n) is 16.0.